The second kappa shape index (κ2) is 4.92. The zero-order valence-corrected chi connectivity index (χ0v) is 13.9. The number of alkyl halides is 2. The fourth-order valence-corrected chi connectivity index (χ4v) is 5.52. The summed E-state index contributed by atoms with van der Waals surface area (Å²) in [5, 5.41) is 12.6. The van der Waals surface area contributed by atoms with Crippen molar-refractivity contribution in [2.75, 3.05) is 0 Å². The molecular formula is C18H25F2NO3. The molecule has 5 aliphatic rings. The van der Waals surface area contributed by atoms with Crippen LogP contribution < -0.4 is 5.32 Å². The molecule has 24 heavy (non-hydrogen) atoms. The van der Waals surface area contributed by atoms with E-state index in [1.165, 1.54) is 0 Å². The number of hydrogen-bond donors (Lipinski definition) is 2. The van der Waals surface area contributed by atoms with Gasteiger partial charge in [0, 0.05) is 23.3 Å². The van der Waals surface area contributed by atoms with Crippen LogP contribution in [0, 0.1) is 16.7 Å². The summed E-state index contributed by atoms with van der Waals surface area (Å²) in [6, 6.07) is 0. The van der Waals surface area contributed by atoms with E-state index in [4.69, 9.17) is 0 Å². The Kier molecular flexibility index (Phi) is 3.33. The molecule has 2 unspecified atom stereocenters. The standard InChI is InChI=1S/C18H25F2NO3/c19-18(20)11-16(18)3-1-2-12(10-16)13(22)21-17-7-4-15(5-8-17,6-9-17)14(23)24/h12H,1-11H2,(H,21,22)(H,23,24). The van der Waals surface area contributed by atoms with E-state index in [9.17, 15) is 23.5 Å². The summed E-state index contributed by atoms with van der Waals surface area (Å²) in [5.41, 5.74) is -1.81. The number of halogens is 2. The first kappa shape index (κ1) is 16.3. The molecule has 5 saturated carbocycles. The van der Waals surface area contributed by atoms with Gasteiger partial charge in [-0.2, -0.15) is 0 Å². The molecule has 0 aromatic rings. The summed E-state index contributed by atoms with van der Waals surface area (Å²) < 4.78 is 27.3. The summed E-state index contributed by atoms with van der Waals surface area (Å²) in [4.78, 5) is 24.2. The van der Waals surface area contributed by atoms with Crippen LogP contribution in [-0.2, 0) is 9.59 Å². The van der Waals surface area contributed by atoms with E-state index >= 15 is 0 Å². The molecule has 2 atom stereocenters. The molecule has 1 amide bonds. The highest BCUT2D eigenvalue weighted by Crippen LogP contribution is 2.68. The van der Waals surface area contributed by atoms with E-state index in [2.05, 4.69) is 5.32 Å². The second-order valence-electron chi connectivity index (χ2n) is 8.81. The number of amides is 1. The molecular weight excluding hydrogens is 316 g/mol. The SMILES string of the molecule is O=C(NC12CCC(C(=O)O)(CC1)CC2)C1CCCC2(C1)CC2(F)F. The zero-order valence-electron chi connectivity index (χ0n) is 13.9. The molecule has 5 fully saturated rings. The van der Waals surface area contributed by atoms with Gasteiger partial charge < -0.3 is 10.4 Å². The Morgan fingerprint density at radius 1 is 1.00 bits per heavy atom. The normalized spacial score (nSPS) is 45.8. The second-order valence-corrected chi connectivity index (χ2v) is 8.81. The van der Waals surface area contributed by atoms with Gasteiger partial charge in [-0.1, -0.05) is 6.42 Å². The predicted octanol–water partition coefficient (Wildman–Crippen LogP) is 3.50. The van der Waals surface area contributed by atoms with Crippen molar-refractivity contribution < 1.29 is 23.5 Å². The third-order valence-corrected chi connectivity index (χ3v) is 7.52. The summed E-state index contributed by atoms with van der Waals surface area (Å²) in [7, 11) is 0. The fraction of sp³-hybridized carbons (Fsp3) is 0.889. The van der Waals surface area contributed by atoms with Crippen LogP contribution in [0.1, 0.15) is 70.6 Å². The first-order chi connectivity index (χ1) is 11.2. The van der Waals surface area contributed by atoms with E-state index in [-0.39, 0.29) is 23.8 Å². The predicted molar refractivity (Wildman–Crippen MR) is 82.6 cm³/mol. The molecule has 0 aromatic carbocycles. The molecule has 5 rings (SSSR count). The quantitative estimate of drug-likeness (QED) is 0.826. The number of carbonyl (C=O) groups excluding carboxylic acids is 1. The van der Waals surface area contributed by atoms with Crippen LogP contribution in [0.4, 0.5) is 8.78 Å². The molecule has 0 aromatic heterocycles. The average molecular weight is 341 g/mol. The summed E-state index contributed by atoms with van der Waals surface area (Å²) in [6.45, 7) is 0. The van der Waals surface area contributed by atoms with E-state index in [1.54, 1.807) is 0 Å². The molecule has 6 heteroatoms. The Bertz CT molecular complexity index is 566. The minimum absolute atomic E-state index is 0.0595. The number of aliphatic carboxylic acids is 1. The van der Waals surface area contributed by atoms with Gasteiger partial charge in [0.15, 0.2) is 0 Å². The Morgan fingerprint density at radius 3 is 2.08 bits per heavy atom. The third kappa shape index (κ3) is 2.28. The average Bonchev–Trinajstić information content (AvgIpc) is 3.07. The van der Waals surface area contributed by atoms with E-state index in [1.807, 2.05) is 0 Å². The third-order valence-electron chi connectivity index (χ3n) is 7.52. The van der Waals surface area contributed by atoms with Gasteiger partial charge in [0.05, 0.1) is 5.41 Å². The minimum atomic E-state index is -2.58. The first-order valence-corrected chi connectivity index (χ1v) is 9.15. The van der Waals surface area contributed by atoms with Gasteiger partial charge in [-0.25, -0.2) is 8.78 Å². The summed E-state index contributed by atoms with van der Waals surface area (Å²) >= 11 is 0. The number of rotatable bonds is 3. The molecule has 2 bridgehead atoms. The molecule has 134 valence electrons. The van der Waals surface area contributed by atoms with Crippen LogP contribution in [-0.4, -0.2) is 28.4 Å². The maximum atomic E-state index is 13.6. The Morgan fingerprint density at radius 2 is 1.58 bits per heavy atom. The van der Waals surface area contributed by atoms with E-state index < -0.39 is 22.7 Å². The van der Waals surface area contributed by atoms with Crippen molar-refractivity contribution in [2.45, 2.75) is 82.1 Å². The number of carbonyl (C=O) groups is 2. The summed E-state index contributed by atoms with van der Waals surface area (Å²) in [5.74, 6) is -3.69. The lowest BCUT2D eigenvalue weighted by Gasteiger charge is -2.52. The monoisotopic (exact) mass is 341 g/mol. The Balaban J connectivity index is 1.40. The van der Waals surface area contributed by atoms with Crippen molar-refractivity contribution in [3.63, 3.8) is 0 Å². The van der Waals surface area contributed by atoms with E-state index in [0.717, 1.165) is 0 Å². The first-order valence-electron chi connectivity index (χ1n) is 9.15. The lowest BCUT2D eigenvalue weighted by atomic mass is 9.57. The smallest absolute Gasteiger partial charge is 0.309 e. The van der Waals surface area contributed by atoms with Crippen molar-refractivity contribution in [3.05, 3.63) is 0 Å². The highest BCUT2D eigenvalue weighted by molar-refractivity contribution is 5.80. The van der Waals surface area contributed by atoms with Gasteiger partial charge in [0.2, 0.25) is 5.91 Å². The van der Waals surface area contributed by atoms with Gasteiger partial charge in [0.1, 0.15) is 0 Å². The highest BCUT2D eigenvalue weighted by Gasteiger charge is 2.71. The van der Waals surface area contributed by atoms with Crippen LogP contribution in [0.3, 0.4) is 0 Å². The fourth-order valence-electron chi connectivity index (χ4n) is 5.52. The van der Waals surface area contributed by atoms with Crippen LogP contribution in [0.15, 0.2) is 0 Å². The maximum Gasteiger partial charge on any atom is 0.309 e. The molecule has 4 nitrogen and oxygen atoms in total. The number of fused-ring (bicyclic) bond motifs is 3. The van der Waals surface area contributed by atoms with Gasteiger partial charge in [-0.05, 0) is 57.8 Å². The van der Waals surface area contributed by atoms with Crippen molar-refractivity contribution in [1.29, 1.82) is 0 Å². The molecule has 1 spiro atoms. The molecule has 2 N–H and O–H groups in total. The van der Waals surface area contributed by atoms with Crippen LogP contribution >= 0.6 is 0 Å². The number of nitrogens with one attached hydrogen (secondary N) is 1. The van der Waals surface area contributed by atoms with Crippen LogP contribution in [0.2, 0.25) is 0 Å². The molecule has 0 heterocycles. The van der Waals surface area contributed by atoms with Gasteiger partial charge in [-0.3, -0.25) is 9.59 Å². The van der Waals surface area contributed by atoms with Gasteiger partial charge in [-0.15, -0.1) is 0 Å². The lowest BCUT2D eigenvalue weighted by Crippen LogP contribution is -2.59. The number of carboxylic acid groups (broad SMARTS) is 1. The Hall–Kier alpha value is -1.20. The van der Waals surface area contributed by atoms with Crippen LogP contribution in [0.5, 0.6) is 0 Å². The largest absolute Gasteiger partial charge is 0.481 e. The molecule has 0 saturated heterocycles. The van der Waals surface area contributed by atoms with Crippen LogP contribution in [0.25, 0.3) is 0 Å². The summed E-state index contributed by atoms with van der Waals surface area (Å²) in [6.07, 6.45) is 6.08. The molecule has 0 aliphatic heterocycles. The van der Waals surface area contributed by atoms with Crippen molar-refractivity contribution in [3.8, 4) is 0 Å². The van der Waals surface area contributed by atoms with Gasteiger partial charge in [0.25, 0.3) is 5.92 Å². The van der Waals surface area contributed by atoms with E-state index in [0.29, 0.717) is 64.2 Å². The topological polar surface area (TPSA) is 66.4 Å². The molecule has 5 aliphatic carbocycles. The highest BCUT2D eigenvalue weighted by atomic mass is 19.3. The lowest BCUT2D eigenvalue weighted by molar-refractivity contribution is -0.157. The van der Waals surface area contributed by atoms with Gasteiger partial charge >= 0.3 is 5.97 Å². The number of hydrogen-bond acceptors (Lipinski definition) is 2. The van der Waals surface area contributed by atoms with Crippen molar-refractivity contribution >= 4 is 11.9 Å². The zero-order chi connectivity index (χ0) is 17.2. The Labute approximate surface area is 140 Å². The maximum absolute atomic E-state index is 13.6. The number of carboxylic acids is 1. The molecule has 0 radical (unpaired) electrons. The van der Waals surface area contributed by atoms with Crippen molar-refractivity contribution in [1.82, 2.24) is 5.32 Å². The minimum Gasteiger partial charge on any atom is -0.481 e. The van der Waals surface area contributed by atoms with Crippen molar-refractivity contribution in [2.24, 2.45) is 16.7 Å².